The third-order valence-electron chi connectivity index (χ3n) is 5.08. The molecule has 6 nitrogen and oxygen atoms in total. The van der Waals surface area contributed by atoms with Crippen LogP contribution in [0, 0.1) is 6.92 Å². The van der Waals surface area contributed by atoms with Crippen LogP contribution < -0.4 is 9.80 Å². The second kappa shape index (κ2) is 5.95. The van der Waals surface area contributed by atoms with Crippen LogP contribution in [0.15, 0.2) is 35.8 Å². The number of fused-ring (bicyclic) bond motifs is 2. The van der Waals surface area contributed by atoms with Gasteiger partial charge in [-0.25, -0.2) is 9.97 Å². The third-order valence-corrected chi connectivity index (χ3v) is 5.96. The van der Waals surface area contributed by atoms with Gasteiger partial charge in [0, 0.05) is 49.0 Å². The van der Waals surface area contributed by atoms with Crippen LogP contribution in [0.1, 0.15) is 5.82 Å². The lowest BCUT2D eigenvalue weighted by atomic mass is 10.2. The second-order valence-corrected chi connectivity index (χ2v) is 7.63. The van der Waals surface area contributed by atoms with E-state index in [0.717, 1.165) is 48.9 Å². The molecule has 7 heteroatoms. The van der Waals surface area contributed by atoms with E-state index < -0.39 is 0 Å². The molecule has 132 valence electrons. The number of aromatic nitrogens is 4. The summed E-state index contributed by atoms with van der Waals surface area (Å²) in [5.74, 6) is 1.80. The van der Waals surface area contributed by atoms with E-state index in [4.69, 9.17) is 4.98 Å². The molecular formula is C19H20N6S. The van der Waals surface area contributed by atoms with Gasteiger partial charge in [-0.05, 0) is 30.5 Å². The second-order valence-electron chi connectivity index (χ2n) is 6.68. The SMILES string of the molecule is Cc1nc(N2CCN(c3cccc4sccc34)CC2)c2cnn(C)c2n1. The summed E-state index contributed by atoms with van der Waals surface area (Å²) in [6, 6.07) is 8.82. The Hall–Kier alpha value is -2.67. The first-order chi connectivity index (χ1) is 12.7. The van der Waals surface area contributed by atoms with Crippen LogP contribution in [-0.4, -0.2) is 45.9 Å². The van der Waals surface area contributed by atoms with Crippen LogP contribution in [0.5, 0.6) is 0 Å². The fourth-order valence-electron chi connectivity index (χ4n) is 3.77. The number of thiophene rings is 1. The minimum absolute atomic E-state index is 0.793. The Balaban J connectivity index is 1.44. The molecule has 1 aliphatic heterocycles. The lowest BCUT2D eigenvalue weighted by molar-refractivity contribution is 0.649. The lowest BCUT2D eigenvalue weighted by Crippen LogP contribution is -2.47. The van der Waals surface area contributed by atoms with E-state index in [1.165, 1.54) is 15.8 Å². The van der Waals surface area contributed by atoms with Gasteiger partial charge in [0.15, 0.2) is 5.65 Å². The number of benzene rings is 1. The molecule has 3 aromatic heterocycles. The van der Waals surface area contributed by atoms with Gasteiger partial charge in [-0.15, -0.1) is 11.3 Å². The summed E-state index contributed by atoms with van der Waals surface area (Å²) in [6.07, 6.45) is 1.88. The third kappa shape index (κ3) is 2.42. The molecular weight excluding hydrogens is 344 g/mol. The van der Waals surface area contributed by atoms with Gasteiger partial charge in [-0.1, -0.05) is 6.07 Å². The van der Waals surface area contributed by atoms with Crippen molar-refractivity contribution < 1.29 is 0 Å². The molecule has 0 atom stereocenters. The molecule has 4 aromatic rings. The standard InChI is InChI=1S/C19H20N6S/c1-13-21-18-15(12-20-23(18)2)19(22-13)25-9-7-24(8-10-25)16-4-3-5-17-14(16)6-11-26-17/h3-6,11-12H,7-10H2,1-2H3. The van der Waals surface area contributed by atoms with Gasteiger partial charge in [-0.2, -0.15) is 5.10 Å². The maximum Gasteiger partial charge on any atom is 0.163 e. The van der Waals surface area contributed by atoms with Gasteiger partial charge >= 0.3 is 0 Å². The quantitative estimate of drug-likeness (QED) is 0.547. The van der Waals surface area contributed by atoms with Crippen LogP contribution in [0.3, 0.4) is 0 Å². The van der Waals surface area contributed by atoms with Crippen LogP contribution in [-0.2, 0) is 7.05 Å². The highest BCUT2D eigenvalue weighted by Crippen LogP contribution is 2.32. The summed E-state index contributed by atoms with van der Waals surface area (Å²) in [6.45, 7) is 5.81. The predicted octanol–water partition coefficient (Wildman–Crippen LogP) is 3.21. The van der Waals surface area contributed by atoms with Gasteiger partial charge in [-0.3, -0.25) is 4.68 Å². The molecule has 0 radical (unpaired) electrons. The molecule has 5 rings (SSSR count). The molecule has 1 aromatic carbocycles. The van der Waals surface area contributed by atoms with Crippen LogP contribution in [0.2, 0.25) is 0 Å². The van der Waals surface area contributed by atoms with Crippen molar-refractivity contribution in [3.05, 3.63) is 41.7 Å². The summed E-state index contributed by atoms with van der Waals surface area (Å²) in [7, 11) is 1.93. The van der Waals surface area contributed by atoms with Crippen molar-refractivity contribution in [3.63, 3.8) is 0 Å². The molecule has 0 amide bonds. The van der Waals surface area contributed by atoms with Crippen molar-refractivity contribution in [2.45, 2.75) is 6.92 Å². The van der Waals surface area contributed by atoms with Crippen molar-refractivity contribution >= 4 is 44.0 Å². The number of aryl methyl sites for hydroxylation is 2. The average molecular weight is 364 g/mol. The van der Waals surface area contributed by atoms with Crippen molar-refractivity contribution in [1.29, 1.82) is 0 Å². The van der Waals surface area contributed by atoms with Crippen LogP contribution in [0.4, 0.5) is 11.5 Å². The Labute approximate surface area is 155 Å². The molecule has 26 heavy (non-hydrogen) atoms. The molecule has 1 aliphatic rings. The summed E-state index contributed by atoms with van der Waals surface area (Å²) in [5, 5.41) is 8.93. The van der Waals surface area contributed by atoms with Crippen molar-refractivity contribution in [1.82, 2.24) is 19.7 Å². The zero-order valence-electron chi connectivity index (χ0n) is 14.9. The average Bonchev–Trinajstić information content (AvgIpc) is 3.28. The van der Waals surface area contributed by atoms with Crippen molar-refractivity contribution in [3.8, 4) is 0 Å². The summed E-state index contributed by atoms with van der Waals surface area (Å²) < 4.78 is 3.18. The largest absolute Gasteiger partial charge is 0.367 e. The van der Waals surface area contributed by atoms with E-state index in [1.54, 1.807) is 11.3 Å². The Morgan fingerprint density at radius 3 is 2.62 bits per heavy atom. The molecule has 0 N–H and O–H groups in total. The Kier molecular flexibility index (Phi) is 3.56. The van der Waals surface area contributed by atoms with E-state index in [0.29, 0.717) is 0 Å². The van der Waals surface area contributed by atoms with Crippen molar-refractivity contribution in [2.24, 2.45) is 7.05 Å². The predicted molar refractivity (Wildman–Crippen MR) is 107 cm³/mol. The zero-order valence-corrected chi connectivity index (χ0v) is 15.7. The smallest absolute Gasteiger partial charge is 0.163 e. The van der Waals surface area contributed by atoms with E-state index in [9.17, 15) is 0 Å². The van der Waals surface area contributed by atoms with E-state index in [1.807, 2.05) is 24.9 Å². The van der Waals surface area contributed by atoms with E-state index in [2.05, 4.69) is 49.5 Å². The van der Waals surface area contributed by atoms with Gasteiger partial charge in [0.1, 0.15) is 11.6 Å². The first-order valence-electron chi connectivity index (χ1n) is 8.83. The normalized spacial score (nSPS) is 15.3. The number of hydrogen-bond acceptors (Lipinski definition) is 6. The lowest BCUT2D eigenvalue weighted by Gasteiger charge is -2.37. The Morgan fingerprint density at radius 1 is 0.962 bits per heavy atom. The van der Waals surface area contributed by atoms with Crippen LogP contribution in [0.25, 0.3) is 21.1 Å². The molecule has 0 saturated carbocycles. The van der Waals surface area contributed by atoms with Gasteiger partial charge in [0.25, 0.3) is 0 Å². The topological polar surface area (TPSA) is 50.1 Å². The van der Waals surface area contributed by atoms with Gasteiger partial charge < -0.3 is 9.80 Å². The molecule has 0 unspecified atom stereocenters. The monoisotopic (exact) mass is 364 g/mol. The Bertz CT molecular complexity index is 1090. The zero-order chi connectivity index (χ0) is 17.7. The number of rotatable bonds is 2. The maximum absolute atomic E-state index is 4.72. The first kappa shape index (κ1) is 15.6. The Morgan fingerprint density at radius 2 is 1.77 bits per heavy atom. The highest BCUT2D eigenvalue weighted by atomic mass is 32.1. The molecule has 4 heterocycles. The molecule has 0 spiro atoms. The highest BCUT2D eigenvalue weighted by molar-refractivity contribution is 7.17. The first-order valence-corrected chi connectivity index (χ1v) is 9.71. The maximum atomic E-state index is 4.72. The van der Waals surface area contributed by atoms with Gasteiger partial charge in [0.2, 0.25) is 0 Å². The number of hydrogen-bond donors (Lipinski definition) is 0. The molecule has 0 aliphatic carbocycles. The number of anilines is 2. The minimum atomic E-state index is 0.793. The van der Waals surface area contributed by atoms with Gasteiger partial charge in [0.05, 0.1) is 11.6 Å². The van der Waals surface area contributed by atoms with E-state index in [-0.39, 0.29) is 0 Å². The minimum Gasteiger partial charge on any atom is -0.367 e. The molecule has 1 saturated heterocycles. The summed E-state index contributed by atoms with van der Waals surface area (Å²) in [4.78, 5) is 14.1. The molecule has 0 bridgehead atoms. The summed E-state index contributed by atoms with van der Waals surface area (Å²) in [5.41, 5.74) is 2.24. The number of piperazine rings is 1. The van der Waals surface area contributed by atoms with E-state index >= 15 is 0 Å². The van der Waals surface area contributed by atoms with Crippen molar-refractivity contribution in [2.75, 3.05) is 36.0 Å². The fraction of sp³-hybridized carbons (Fsp3) is 0.316. The van der Waals surface area contributed by atoms with Crippen LogP contribution >= 0.6 is 11.3 Å². The fourth-order valence-corrected chi connectivity index (χ4v) is 4.57. The highest BCUT2D eigenvalue weighted by Gasteiger charge is 2.22. The number of nitrogens with zero attached hydrogens (tertiary/aromatic N) is 6. The molecule has 1 fully saturated rings. The summed E-state index contributed by atoms with van der Waals surface area (Å²) >= 11 is 1.80.